The van der Waals surface area contributed by atoms with Crippen LogP contribution in [0.2, 0.25) is 0 Å². The third-order valence-corrected chi connectivity index (χ3v) is 1.71. The normalized spacial score (nSPS) is 17.6. The van der Waals surface area contributed by atoms with Gasteiger partial charge in [-0.05, 0) is 30.6 Å². The van der Waals surface area contributed by atoms with Crippen molar-refractivity contribution in [2.24, 2.45) is 4.99 Å². The van der Waals surface area contributed by atoms with Crippen LogP contribution in [0.4, 0.5) is 0 Å². The first-order valence-electron chi connectivity index (χ1n) is 3.99. The van der Waals surface area contributed by atoms with Crippen LogP contribution in [0, 0.1) is 0 Å². The summed E-state index contributed by atoms with van der Waals surface area (Å²) in [5, 5.41) is 0. The van der Waals surface area contributed by atoms with E-state index in [1.165, 1.54) is 0 Å². The number of aliphatic imine (C=N–C) groups is 1. The zero-order valence-electron chi connectivity index (χ0n) is 7.38. The maximum absolute atomic E-state index is 4.22. The second-order valence-corrected chi connectivity index (χ2v) is 2.64. The van der Waals surface area contributed by atoms with E-state index in [0.29, 0.717) is 0 Å². The molecule has 0 unspecified atom stereocenters. The van der Waals surface area contributed by atoms with Crippen LogP contribution in [-0.4, -0.2) is 6.21 Å². The average molecular weight is 159 g/mol. The van der Waals surface area contributed by atoms with E-state index in [2.05, 4.69) is 24.2 Å². The molecule has 0 bridgehead atoms. The summed E-state index contributed by atoms with van der Waals surface area (Å²) in [7, 11) is 0. The smallest absolute Gasteiger partial charge is 0.0697 e. The second-order valence-electron chi connectivity index (χ2n) is 2.64. The molecule has 0 saturated carbocycles. The van der Waals surface area contributed by atoms with Crippen molar-refractivity contribution < 1.29 is 0 Å². The molecule has 12 heavy (non-hydrogen) atoms. The summed E-state index contributed by atoms with van der Waals surface area (Å²) in [4.78, 5) is 4.22. The van der Waals surface area contributed by atoms with Crippen LogP contribution in [0.15, 0.2) is 53.2 Å². The van der Waals surface area contributed by atoms with Gasteiger partial charge in [0.05, 0.1) is 5.70 Å². The molecule has 0 atom stereocenters. The lowest BCUT2D eigenvalue weighted by atomic mass is 10.0. The van der Waals surface area contributed by atoms with Gasteiger partial charge in [0.1, 0.15) is 0 Å². The molecule has 0 aromatic carbocycles. The molecule has 1 aliphatic carbocycles. The summed E-state index contributed by atoms with van der Waals surface area (Å²) >= 11 is 0. The van der Waals surface area contributed by atoms with Crippen molar-refractivity contribution >= 4 is 6.21 Å². The van der Waals surface area contributed by atoms with Gasteiger partial charge >= 0.3 is 0 Å². The van der Waals surface area contributed by atoms with Crippen molar-refractivity contribution in [2.75, 3.05) is 0 Å². The van der Waals surface area contributed by atoms with Crippen LogP contribution in [0.5, 0.6) is 0 Å². The third kappa shape index (κ3) is 1.82. The number of hydrogen-bond acceptors (Lipinski definition) is 1. The summed E-state index contributed by atoms with van der Waals surface area (Å²) < 4.78 is 0. The van der Waals surface area contributed by atoms with Crippen molar-refractivity contribution in [1.82, 2.24) is 0 Å². The van der Waals surface area contributed by atoms with E-state index in [9.17, 15) is 0 Å². The lowest BCUT2D eigenvalue weighted by Gasteiger charge is -2.09. The molecule has 0 aromatic rings. The Kier molecular flexibility index (Phi) is 2.81. The lowest BCUT2D eigenvalue weighted by Crippen LogP contribution is -1.91. The van der Waals surface area contributed by atoms with Gasteiger partial charge in [0.15, 0.2) is 0 Å². The molecule has 1 heteroatoms. The van der Waals surface area contributed by atoms with Gasteiger partial charge in [-0.25, -0.2) is 0 Å². The molecule has 0 aliphatic heterocycles. The molecule has 0 spiro atoms. The predicted molar refractivity (Wildman–Crippen MR) is 54.3 cm³/mol. The van der Waals surface area contributed by atoms with Crippen LogP contribution < -0.4 is 0 Å². The number of nitrogens with zero attached hydrogens (tertiary/aromatic N) is 1. The zero-order chi connectivity index (χ0) is 8.97. The molecular weight excluding hydrogens is 146 g/mol. The molecular formula is C11H13N. The molecule has 1 rings (SSSR count). The molecule has 0 amide bonds. The Balaban J connectivity index is 2.97. The highest BCUT2D eigenvalue weighted by Gasteiger charge is 2.04. The maximum Gasteiger partial charge on any atom is 0.0697 e. The van der Waals surface area contributed by atoms with Crippen molar-refractivity contribution in [2.45, 2.75) is 13.3 Å². The minimum absolute atomic E-state index is 0.907. The van der Waals surface area contributed by atoms with E-state index in [1.807, 2.05) is 19.1 Å². The summed E-state index contributed by atoms with van der Waals surface area (Å²) in [6, 6.07) is 0. The predicted octanol–water partition coefficient (Wildman–Crippen LogP) is 3.03. The highest BCUT2D eigenvalue weighted by molar-refractivity contribution is 5.59. The molecule has 62 valence electrons. The first-order valence-corrected chi connectivity index (χ1v) is 3.99. The van der Waals surface area contributed by atoms with Gasteiger partial charge in [0.25, 0.3) is 0 Å². The SMILES string of the molecule is C=CC1=CCC(=C)C=C1/N=C\C. The Labute approximate surface area is 73.5 Å². The molecule has 0 saturated heterocycles. The van der Waals surface area contributed by atoms with Crippen LogP contribution in [0.1, 0.15) is 13.3 Å². The summed E-state index contributed by atoms with van der Waals surface area (Å²) in [6.45, 7) is 9.52. The van der Waals surface area contributed by atoms with E-state index in [-0.39, 0.29) is 0 Å². The molecule has 1 aliphatic rings. The van der Waals surface area contributed by atoms with Crippen LogP contribution in [-0.2, 0) is 0 Å². The van der Waals surface area contributed by atoms with Gasteiger partial charge in [-0.15, -0.1) is 0 Å². The largest absolute Gasteiger partial charge is 0.261 e. The quantitative estimate of drug-likeness (QED) is 0.549. The monoisotopic (exact) mass is 159 g/mol. The Morgan fingerprint density at radius 2 is 2.33 bits per heavy atom. The van der Waals surface area contributed by atoms with Gasteiger partial charge < -0.3 is 0 Å². The van der Waals surface area contributed by atoms with Crippen molar-refractivity contribution in [1.29, 1.82) is 0 Å². The van der Waals surface area contributed by atoms with E-state index in [0.717, 1.165) is 23.3 Å². The fourth-order valence-corrected chi connectivity index (χ4v) is 1.12. The van der Waals surface area contributed by atoms with Gasteiger partial charge in [0, 0.05) is 6.21 Å². The maximum atomic E-state index is 4.22. The Morgan fingerprint density at radius 3 is 2.92 bits per heavy atom. The Bertz CT molecular complexity index is 290. The highest BCUT2D eigenvalue weighted by atomic mass is 14.7. The molecule has 0 fully saturated rings. The second kappa shape index (κ2) is 3.86. The standard InChI is InChI=1S/C11H13N/c1-4-10-7-6-9(3)8-11(10)12-5-2/h4-5,7-8H,1,3,6H2,2H3/b12-5-. The zero-order valence-corrected chi connectivity index (χ0v) is 7.38. The van der Waals surface area contributed by atoms with Crippen LogP contribution in [0.25, 0.3) is 0 Å². The number of allylic oxidation sites excluding steroid dienone is 4. The number of rotatable bonds is 2. The van der Waals surface area contributed by atoms with Crippen molar-refractivity contribution in [3.63, 3.8) is 0 Å². The van der Waals surface area contributed by atoms with E-state index in [4.69, 9.17) is 0 Å². The molecule has 0 heterocycles. The van der Waals surface area contributed by atoms with E-state index >= 15 is 0 Å². The van der Waals surface area contributed by atoms with Gasteiger partial charge in [-0.2, -0.15) is 0 Å². The van der Waals surface area contributed by atoms with Gasteiger partial charge in [-0.1, -0.05) is 25.3 Å². The van der Waals surface area contributed by atoms with Crippen molar-refractivity contribution in [3.8, 4) is 0 Å². The third-order valence-electron chi connectivity index (χ3n) is 1.71. The van der Waals surface area contributed by atoms with Gasteiger partial charge in [-0.3, -0.25) is 4.99 Å². The molecule has 0 radical (unpaired) electrons. The lowest BCUT2D eigenvalue weighted by molar-refractivity contribution is 1.18. The average Bonchev–Trinajstić information content (AvgIpc) is 2.05. The summed E-state index contributed by atoms with van der Waals surface area (Å²) in [5.74, 6) is 0. The van der Waals surface area contributed by atoms with Crippen LogP contribution >= 0.6 is 0 Å². The van der Waals surface area contributed by atoms with Crippen LogP contribution in [0.3, 0.4) is 0 Å². The molecule has 0 N–H and O–H groups in total. The Morgan fingerprint density at radius 1 is 1.58 bits per heavy atom. The summed E-state index contributed by atoms with van der Waals surface area (Å²) in [5.41, 5.74) is 3.16. The van der Waals surface area contributed by atoms with E-state index in [1.54, 1.807) is 6.21 Å². The van der Waals surface area contributed by atoms with Crippen molar-refractivity contribution in [3.05, 3.63) is 48.2 Å². The van der Waals surface area contributed by atoms with E-state index < -0.39 is 0 Å². The van der Waals surface area contributed by atoms with Gasteiger partial charge in [0.2, 0.25) is 0 Å². The highest BCUT2D eigenvalue weighted by Crippen LogP contribution is 2.22. The topological polar surface area (TPSA) is 12.4 Å². The molecule has 0 aromatic heterocycles. The number of hydrogen-bond donors (Lipinski definition) is 0. The summed E-state index contributed by atoms with van der Waals surface area (Å²) in [6.07, 6.45) is 8.60. The fraction of sp³-hybridized carbons (Fsp3) is 0.182. The Hall–Kier alpha value is -1.37. The molecule has 1 nitrogen and oxygen atoms in total. The minimum Gasteiger partial charge on any atom is -0.261 e. The minimum atomic E-state index is 0.907. The first kappa shape index (κ1) is 8.72. The fourth-order valence-electron chi connectivity index (χ4n) is 1.12. The first-order chi connectivity index (χ1) is 5.77.